The number of rotatable bonds is 5. The van der Waals surface area contributed by atoms with Gasteiger partial charge in [-0.2, -0.15) is 9.61 Å². The van der Waals surface area contributed by atoms with Crippen molar-refractivity contribution in [2.45, 2.75) is 6.54 Å². The maximum absolute atomic E-state index is 13.8. The van der Waals surface area contributed by atoms with E-state index >= 15 is 0 Å². The molecule has 9 heteroatoms. The number of amides is 1. The zero-order valence-electron chi connectivity index (χ0n) is 14.2. The highest BCUT2D eigenvalue weighted by atomic mass is 32.1. The Morgan fingerprint density at radius 2 is 2.15 bits per heavy atom. The highest BCUT2D eigenvalue weighted by Crippen LogP contribution is 2.22. The molecule has 4 rings (SSSR count). The molecule has 0 saturated carbocycles. The monoisotopic (exact) mass is 383 g/mol. The van der Waals surface area contributed by atoms with Gasteiger partial charge in [-0.1, -0.05) is 6.07 Å². The first kappa shape index (κ1) is 17.1. The van der Waals surface area contributed by atoms with Crippen molar-refractivity contribution in [2.24, 2.45) is 0 Å². The maximum Gasteiger partial charge on any atom is 0.251 e. The second-order valence-electron chi connectivity index (χ2n) is 5.61. The van der Waals surface area contributed by atoms with Crippen molar-refractivity contribution in [1.29, 1.82) is 0 Å². The second kappa shape index (κ2) is 7.12. The number of ether oxygens (including phenoxy) is 1. The van der Waals surface area contributed by atoms with Gasteiger partial charge in [0.05, 0.1) is 18.5 Å². The molecular formula is C18H14FN5O2S. The van der Waals surface area contributed by atoms with E-state index in [1.165, 1.54) is 19.2 Å². The Balaban J connectivity index is 1.54. The summed E-state index contributed by atoms with van der Waals surface area (Å²) in [6.45, 7) is 0.106. The molecule has 0 aliphatic rings. The molecule has 0 saturated heterocycles. The van der Waals surface area contributed by atoms with Crippen LogP contribution in [-0.2, 0) is 6.54 Å². The third-order valence-corrected chi connectivity index (χ3v) is 4.81. The van der Waals surface area contributed by atoms with Crippen LogP contribution >= 0.6 is 11.3 Å². The topological polar surface area (TPSA) is 81.4 Å². The summed E-state index contributed by atoms with van der Waals surface area (Å²) in [7, 11) is 1.37. The molecule has 3 heterocycles. The van der Waals surface area contributed by atoms with E-state index in [0.717, 1.165) is 16.6 Å². The van der Waals surface area contributed by atoms with Crippen molar-refractivity contribution in [3.63, 3.8) is 0 Å². The van der Waals surface area contributed by atoms with Gasteiger partial charge in [0.25, 0.3) is 5.91 Å². The SMILES string of the molecule is COc1ccc(C(=O)NCc2nnc3ccc(-c4cccs4)nn23)cc1F. The lowest BCUT2D eigenvalue weighted by molar-refractivity contribution is 0.0949. The molecule has 0 fully saturated rings. The predicted molar refractivity (Wildman–Crippen MR) is 98.2 cm³/mol. The molecule has 0 radical (unpaired) electrons. The van der Waals surface area contributed by atoms with Crippen LogP contribution in [0.2, 0.25) is 0 Å². The number of halogens is 1. The van der Waals surface area contributed by atoms with E-state index < -0.39 is 11.7 Å². The lowest BCUT2D eigenvalue weighted by Gasteiger charge is -2.06. The molecule has 3 aromatic heterocycles. The highest BCUT2D eigenvalue weighted by Gasteiger charge is 2.13. The van der Waals surface area contributed by atoms with Crippen LogP contribution in [0, 0.1) is 5.82 Å². The van der Waals surface area contributed by atoms with Gasteiger partial charge in [0.1, 0.15) is 5.69 Å². The lowest BCUT2D eigenvalue weighted by atomic mass is 10.2. The number of thiophene rings is 1. The molecule has 7 nitrogen and oxygen atoms in total. The minimum atomic E-state index is -0.597. The minimum absolute atomic E-state index is 0.0836. The number of fused-ring (bicyclic) bond motifs is 1. The molecule has 0 bridgehead atoms. The predicted octanol–water partition coefficient (Wildman–Crippen LogP) is 2.93. The number of hydrogen-bond acceptors (Lipinski definition) is 6. The maximum atomic E-state index is 13.8. The van der Waals surface area contributed by atoms with E-state index in [-0.39, 0.29) is 17.9 Å². The Labute approximate surface area is 157 Å². The smallest absolute Gasteiger partial charge is 0.251 e. The van der Waals surface area contributed by atoms with Crippen LogP contribution in [0.4, 0.5) is 4.39 Å². The highest BCUT2D eigenvalue weighted by molar-refractivity contribution is 7.13. The Morgan fingerprint density at radius 1 is 1.26 bits per heavy atom. The summed E-state index contributed by atoms with van der Waals surface area (Å²) in [6, 6.07) is 11.6. The molecule has 0 aliphatic carbocycles. The zero-order chi connectivity index (χ0) is 18.8. The third kappa shape index (κ3) is 3.36. The molecule has 1 N–H and O–H groups in total. The summed E-state index contributed by atoms with van der Waals surface area (Å²) >= 11 is 1.58. The number of carbonyl (C=O) groups is 1. The Bertz CT molecular complexity index is 1110. The summed E-state index contributed by atoms with van der Waals surface area (Å²) in [4.78, 5) is 13.3. The Morgan fingerprint density at radius 3 is 2.89 bits per heavy atom. The van der Waals surface area contributed by atoms with Crippen molar-refractivity contribution in [3.05, 3.63) is 65.0 Å². The summed E-state index contributed by atoms with van der Waals surface area (Å²) in [5, 5.41) is 17.3. The molecule has 0 aliphatic heterocycles. The number of benzene rings is 1. The van der Waals surface area contributed by atoms with Crippen molar-refractivity contribution in [2.75, 3.05) is 7.11 Å². The van der Waals surface area contributed by atoms with E-state index in [1.807, 2.05) is 29.6 Å². The van der Waals surface area contributed by atoms with Crippen LogP contribution < -0.4 is 10.1 Å². The number of aromatic nitrogens is 4. The fourth-order valence-corrected chi connectivity index (χ4v) is 3.26. The van der Waals surface area contributed by atoms with E-state index in [2.05, 4.69) is 20.6 Å². The number of carbonyl (C=O) groups excluding carboxylic acids is 1. The molecule has 0 spiro atoms. The van der Waals surface area contributed by atoms with Crippen LogP contribution in [0.25, 0.3) is 16.2 Å². The van der Waals surface area contributed by atoms with E-state index in [4.69, 9.17) is 4.74 Å². The van der Waals surface area contributed by atoms with Crippen LogP contribution in [-0.4, -0.2) is 32.8 Å². The van der Waals surface area contributed by atoms with Gasteiger partial charge in [-0.05, 0) is 41.8 Å². The summed E-state index contributed by atoms with van der Waals surface area (Å²) in [5.74, 6) is -0.464. The van der Waals surface area contributed by atoms with Gasteiger partial charge in [-0.15, -0.1) is 21.5 Å². The zero-order valence-corrected chi connectivity index (χ0v) is 15.0. The molecule has 1 aromatic carbocycles. The van der Waals surface area contributed by atoms with E-state index in [9.17, 15) is 9.18 Å². The van der Waals surface area contributed by atoms with E-state index in [1.54, 1.807) is 15.9 Å². The second-order valence-corrected chi connectivity index (χ2v) is 6.56. The van der Waals surface area contributed by atoms with Gasteiger partial charge >= 0.3 is 0 Å². The quantitative estimate of drug-likeness (QED) is 0.573. The van der Waals surface area contributed by atoms with Crippen LogP contribution in [0.15, 0.2) is 47.8 Å². The van der Waals surface area contributed by atoms with Gasteiger partial charge in [-0.25, -0.2) is 4.39 Å². The van der Waals surface area contributed by atoms with Gasteiger partial charge in [0.15, 0.2) is 23.0 Å². The molecule has 0 atom stereocenters. The number of nitrogens with zero attached hydrogens (tertiary/aromatic N) is 4. The lowest BCUT2D eigenvalue weighted by Crippen LogP contribution is -2.24. The molecular weight excluding hydrogens is 369 g/mol. The van der Waals surface area contributed by atoms with Crippen molar-refractivity contribution >= 4 is 22.9 Å². The van der Waals surface area contributed by atoms with Gasteiger partial charge in [0, 0.05) is 5.56 Å². The van der Waals surface area contributed by atoms with Crippen LogP contribution in [0.1, 0.15) is 16.2 Å². The average Bonchev–Trinajstić information content (AvgIpc) is 3.35. The van der Waals surface area contributed by atoms with Gasteiger partial charge in [0.2, 0.25) is 0 Å². The molecule has 0 unspecified atom stereocenters. The Kier molecular flexibility index (Phi) is 4.51. The van der Waals surface area contributed by atoms with Crippen molar-refractivity contribution in [1.82, 2.24) is 25.1 Å². The first-order chi connectivity index (χ1) is 13.2. The average molecular weight is 383 g/mol. The third-order valence-electron chi connectivity index (χ3n) is 3.92. The number of methoxy groups -OCH3 is 1. The normalized spacial score (nSPS) is 10.9. The Hall–Kier alpha value is -3.33. The molecule has 136 valence electrons. The summed E-state index contributed by atoms with van der Waals surface area (Å²) in [6.07, 6.45) is 0. The number of hydrogen-bond donors (Lipinski definition) is 1. The molecule has 1 amide bonds. The van der Waals surface area contributed by atoms with E-state index in [0.29, 0.717) is 11.5 Å². The minimum Gasteiger partial charge on any atom is -0.494 e. The van der Waals surface area contributed by atoms with Crippen molar-refractivity contribution in [3.8, 4) is 16.3 Å². The summed E-state index contributed by atoms with van der Waals surface area (Å²) < 4.78 is 20.2. The standard InChI is InChI=1S/C18H14FN5O2S/c1-26-14-6-4-11(9-12(14)19)18(25)20-10-17-22-21-16-7-5-13(23-24(16)17)15-3-2-8-27-15/h2-9H,10H2,1H3,(H,20,25). The fourth-order valence-electron chi connectivity index (χ4n) is 2.57. The van der Waals surface area contributed by atoms with Gasteiger partial charge in [-0.3, -0.25) is 4.79 Å². The van der Waals surface area contributed by atoms with Crippen molar-refractivity contribution < 1.29 is 13.9 Å². The molecule has 4 aromatic rings. The molecule has 27 heavy (non-hydrogen) atoms. The largest absolute Gasteiger partial charge is 0.494 e. The first-order valence-electron chi connectivity index (χ1n) is 8.02. The number of nitrogens with one attached hydrogen (secondary N) is 1. The fraction of sp³-hybridized carbons (Fsp3) is 0.111. The van der Waals surface area contributed by atoms with Gasteiger partial charge < -0.3 is 10.1 Å². The first-order valence-corrected chi connectivity index (χ1v) is 8.90. The van der Waals surface area contributed by atoms with Crippen LogP contribution in [0.5, 0.6) is 5.75 Å². The van der Waals surface area contributed by atoms with Crippen LogP contribution in [0.3, 0.4) is 0 Å². The summed E-state index contributed by atoms with van der Waals surface area (Å²) in [5.41, 5.74) is 1.56.